The van der Waals surface area contributed by atoms with Crippen LogP contribution in [0.2, 0.25) is 0 Å². The zero-order chi connectivity index (χ0) is 19.6. The van der Waals surface area contributed by atoms with Crippen molar-refractivity contribution in [2.45, 2.75) is 13.3 Å². The fourth-order valence-electron chi connectivity index (χ4n) is 4.68. The van der Waals surface area contributed by atoms with Crippen LogP contribution >= 0.6 is 0 Å². The Morgan fingerprint density at radius 2 is 1.59 bits per heavy atom. The highest BCUT2D eigenvalue weighted by atomic mass is 16.5. The fraction of sp³-hybridized carbons (Fsp3) is 0.259. The van der Waals surface area contributed by atoms with Crippen LogP contribution < -0.4 is 0 Å². The summed E-state index contributed by atoms with van der Waals surface area (Å²) in [6.07, 6.45) is 3.48. The van der Waals surface area contributed by atoms with E-state index in [2.05, 4.69) is 84.6 Å². The van der Waals surface area contributed by atoms with E-state index < -0.39 is 0 Å². The molecule has 0 saturated carbocycles. The lowest BCUT2D eigenvalue weighted by molar-refractivity contribution is 0.0390. The van der Waals surface area contributed by atoms with E-state index in [0.29, 0.717) is 0 Å². The number of fused-ring (bicyclic) bond motifs is 2. The normalized spacial score (nSPS) is 18.6. The number of nitrogens with zero attached hydrogens (tertiary/aromatic N) is 1. The summed E-state index contributed by atoms with van der Waals surface area (Å²) in [7, 11) is 0. The van der Waals surface area contributed by atoms with Gasteiger partial charge in [0.2, 0.25) is 0 Å². The molecule has 5 rings (SSSR count). The summed E-state index contributed by atoms with van der Waals surface area (Å²) < 4.78 is 5.50. The zero-order valence-corrected chi connectivity index (χ0v) is 17.0. The van der Waals surface area contributed by atoms with Crippen molar-refractivity contribution in [3.05, 3.63) is 89.0 Å². The number of hydrogen-bond acceptors (Lipinski definition) is 2. The highest BCUT2D eigenvalue weighted by Gasteiger charge is 2.24. The van der Waals surface area contributed by atoms with Crippen LogP contribution in [-0.4, -0.2) is 37.7 Å². The average Bonchev–Trinajstić information content (AvgIpc) is 3.04. The quantitative estimate of drug-likeness (QED) is 0.559. The summed E-state index contributed by atoms with van der Waals surface area (Å²) in [5, 5.41) is 2.61. The second-order valence-electron chi connectivity index (χ2n) is 7.98. The highest BCUT2D eigenvalue weighted by molar-refractivity contribution is 6.07. The first kappa shape index (κ1) is 18.4. The number of hydrogen-bond donors (Lipinski definition) is 0. The first-order chi connectivity index (χ1) is 14.3. The van der Waals surface area contributed by atoms with Crippen molar-refractivity contribution < 1.29 is 4.74 Å². The van der Waals surface area contributed by atoms with Gasteiger partial charge in [0.25, 0.3) is 0 Å². The van der Waals surface area contributed by atoms with E-state index in [1.807, 2.05) is 0 Å². The van der Waals surface area contributed by atoms with Gasteiger partial charge >= 0.3 is 0 Å². The molecule has 0 N–H and O–H groups in total. The molecule has 0 amide bonds. The van der Waals surface area contributed by atoms with Gasteiger partial charge in [0, 0.05) is 19.6 Å². The Hall–Kier alpha value is -2.68. The zero-order valence-electron chi connectivity index (χ0n) is 17.0. The molecule has 1 fully saturated rings. The Kier molecular flexibility index (Phi) is 5.05. The third kappa shape index (κ3) is 3.55. The molecule has 1 heterocycles. The van der Waals surface area contributed by atoms with Crippen LogP contribution in [0.15, 0.2) is 72.3 Å². The number of ether oxygens (including phenoxy) is 1. The molecule has 1 aliphatic heterocycles. The van der Waals surface area contributed by atoms with Crippen molar-refractivity contribution in [3.63, 3.8) is 0 Å². The van der Waals surface area contributed by atoms with Gasteiger partial charge in [0.05, 0.1) is 13.2 Å². The fourth-order valence-corrected chi connectivity index (χ4v) is 4.68. The smallest absolute Gasteiger partial charge is 0.0594 e. The number of rotatable bonds is 4. The molecule has 2 nitrogen and oxygen atoms in total. The minimum atomic E-state index is 0.862. The van der Waals surface area contributed by atoms with Gasteiger partial charge in [-0.1, -0.05) is 66.7 Å². The maximum atomic E-state index is 5.50. The molecule has 0 spiro atoms. The number of benzene rings is 3. The molecule has 1 aliphatic carbocycles. The predicted octanol–water partition coefficient (Wildman–Crippen LogP) is 5.89. The molecule has 3 aromatic carbocycles. The maximum absolute atomic E-state index is 5.50. The van der Waals surface area contributed by atoms with Crippen LogP contribution in [0.25, 0.3) is 28.0 Å². The lowest BCUT2D eigenvalue weighted by Crippen LogP contribution is -2.36. The average molecular weight is 382 g/mol. The third-order valence-electron chi connectivity index (χ3n) is 6.30. The standard InChI is InChI=1S/C27H27NO/c1-20-23(13-14-28-15-17-29-18-16-28)25-11-4-5-12-26(25)27(20)19-22-9-6-8-21-7-2-3-10-24(21)22/h2-12,19H,13-18H2,1H3/b27-19-. The summed E-state index contributed by atoms with van der Waals surface area (Å²) in [5.41, 5.74) is 8.36. The molecule has 2 aliphatic rings. The van der Waals surface area contributed by atoms with Gasteiger partial charge in [-0.3, -0.25) is 4.90 Å². The van der Waals surface area contributed by atoms with Gasteiger partial charge in [-0.05, 0) is 63.6 Å². The van der Waals surface area contributed by atoms with E-state index in [0.717, 1.165) is 39.3 Å². The number of allylic oxidation sites excluding steroid dienone is 2. The Balaban J connectivity index is 1.53. The summed E-state index contributed by atoms with van der Waals surface area (Å²) in [5.74, 6) is 0. The molecule has 2 heteroatoms. The van der Waals surface area contributed by atoms with Crippen LogP contribution in [0.3, 0.4) is 0 Å². The lowest BCUT2D eigenvalue weighted by atomic mass is 9.97. The summed E-state index contributed by atoms with van der Waals surface area (Å²) in [6.45, 7) is 7.22. The molecule has 146 valence electrons. The van der Waals surface area contributed by atoms with Crippen molar-refractivity contribution in [2.75, 3.05) is 32.8 Å². The van der Waals surface area contributed by atoms with Crippen molar-refractivity contribution in [1.82, 2.24) is 4.90 Å². The third-order valence-corrected chi connectivity index (χ3v) is 6.30. The van der Waals surface area contributed by atoms with Crippen molar-refractivity contribution in [1.29, 1.82) is 0 Å². The summed E-state index contributed by atoms with van der Waals surface area (Å²) >= 11 is 0. The predicted molar refractivity (Wildman–Crippen MR) is 123 cm³/mol. The monoisotopic (exact) mass is 381 g/mol. The van der Waals surface area contributed by atoms with E-state index in [-0.39, 0.29) is 0 Å². The van der Waals surface area contributed by atoms with Crippen LogP contribution in [0.4, 0.5) is 0 Å². The first-order valence-electron chi connectivity index (χ1n) is 10.6. The van der Waals surface area contributed by atoms with Gasteiger partial charge in [-0.25, -0.2) is 0 Å². The van der Waals surface area contributed by atoms with Crippen molar-refractivity contribution >= 4 is 28.0 Å². The summed E-state index contributed by atoms with van der Waals surface area (Å²) in [6, 6.07) is 24.1. The minimum absolute atomic E-state index is 0.862. The van der Waals surface area contributed by atoms with Gasteiger partial charge in [0.1, 0.15) is 0 Å². The van der Waals surface area contributed by atoms with Crippen molar-refractivity contribution in [3.8, 4) is 0 Å². The Morgan fingerprint density at radius 1 is 0.862 bits per heavy atom. The van der Waals surface area contributed by atoms with Gasteiger partial charge < -0.3 is 4.74 Å². The van der Waals surface area contributed by atoms with E-state index in [1.165, 1.54) is 44.2 Å². The molecule has 0 aromatic heterocycles. The second kappa shape index (κ2) is 7.98. The van der Waals surface area contributed by atoms with E-state index in [1.54, 1.807) is 0 Å². The largest absolute Gasteiger partial charge is 0.379 e. The molecule has 0 radical (unpaired) electrons. The molecule has 3 aromatic rings. The van der Waals surface area contributed by atoms with Crippen LogP contribution in [0.5, 0.6) is 0 Å². The molecule has 29 heavy (non-hydrogen) atoms. The minimum Gasteiger partial charge on any atom is -0.379 e. The van der Waals surface area contributed by atoms with E-state index in [9.17, 15) is 0 Å². The van der Waals surface area contributed by atoms with Crippen LogP contribution in [0, 0.1) is 0 Å². The Bertz CT molecular complexity index is 1100. The molecule has 0 atom stereocenters. The highest BCUT2D eigenvalue weighted by Crippen LogP contribution is 2.43. The number of morpholine rings is 1. The van der Waals surface area contributed by atoms with E-state index >= 15 is 0 Å². The molecule has 0 bridgehead atoms. The molecule has 0 unspecified atom stereocenters. The van der Waals surface area contributed by atoms with E-state index in [4.69, 9.17) is 4.74 Å². The SMILES string of the molecule is CC1=C(CCN2CCOCC2)c2ccccc2/C1=C\c1cccc2ccccc12. The summed E-state index contributed by atoms with van der Waals surface area (Å²) in [4.78, 5) is 2.53. The Morgan fingerprint density at radius 3 is 2.45 bits per heavy atom. The van der Waals surface area contributed by atoms with Crippen LogP contribution in [0.1, 0.15) is 30.0 Å². The Labute approximate surface area is 173 Å². The maximum Gasteiger partial charge on any atom is 0.0594 e. The topological polar surface area (TPSA) is 12.5 Å². The van der Waals surface area contributed by atoms with Gasteiger partial charge in [0.15, 0.2) is 0 Å². The van der Waals surface area contributed by atoms with Crippen molar-refractivity contribution in [2.24, 2.45) is 0 Å². The molecular weight excluding hydrogens is 354 g/mol. The molecule has 1 saturated heterocycles. The second-order valence-corrected chi connectivity index (χ2v) is 7.98. The van der Waals surface area contributed by atoms with Gasteiger partial charge in [-0.15, -0.1) is 0 Å². The first-order valence-corrected chi connectivity index (χ1v) is 10.6. The van der Waals surface area contributed by atoms with Gasteiger partial charge in [-0.2, -0.15) is 0 Å². The van der Waals surface area contributed by atoms with Crippen LogP contribution in [-0.2, 0) is 4.74 Å². The molecular formula is C27H27NO. The lowest BCUT2D eigenvalue weighted by Gasteiger charge is -2.26.